The van der Waals surface area contributed by atoms with Gasteiger partial charge in [-0.1, -0.05) is 0 Å². The summed E-state index contributed by atoms with van der Waals surface area (Å²) in [7, 11) is 0. The molecule has 1 aromatic heterocycles. The maximum Gasteiger partial charge on any atom is 0.346 e. The molecule has 2 rings (SSSR count). The average Bonchev–Trinajstić information content (AvgIpc) is 2.76. The number of aromatic carboxylic acids is 4. The lowest BCUT2D eigenvalue weighted by Gasteiger charge is -2.04. The Morgan fingerprint density at radius 2 is 1.33 bits per heavy atom. The Balaban J connectivity index is 3.07. The van der Waals surface area contributed by atoms with E-state index in [4.69, 9.17) is 20.4 Å². The highest BCUT2D eigenvalue weighted by molar-refractivity contribution is 7.21. The lowest BCUT2D eigenvalue weighted by atomic mass is 9.99. The van der Waals surface area contributed by atoms with Gasteiger partial charge in [0.05, 0.1) is 16.7 Å². The Morgan fingerprint density at radius 3 is 1.76 bits per heavy atom. The molecule has 21 heavy (non-hydrogen) atoms. The summed E-state index contributed by atoms with van der Waals surface area (Å²) < 4.78 is 0.0761. The Morgan fingerprint density at radius 1 is 0.762 bits per heavy atom. The third kappa shape index (κ3) is 2.19. The molecule has 0 aliphatic carbocycles. The van der Waals surface area contributed by atoms with E-state index in [-0.39, 0.29) is 4.70 Å². The summed E-state index contributed by atoms with van der Waals surface area (Å²) in [6, 6.07) is 2.19. The van der Waals surface area contributed by atoms with Gasteiger partial charge < -0.3 is 20.4 Å². The maximum absolute atomic E-state index is 11.3. The van der Waals surface area contributed by atoms with Crippen LogP contribution in [0.25, 0.3) is 10.1 Å². The first-order valence-electron chi connectivity index (χ1n) is 5.28. The molecule has 0 amide bonds. The van der Waals surface area contributed by atoms with E-state index < -0.39 is 50.8 Å². The van der Waals surface area contributed by atoms with E-state index in [1.165, 1.54) is 6.07 Å². The summed E-state index contributed by atoms with van der Waals surface area (Å²) in [4.78, 5) is 44.1. The van der Waals surface area contributed by atoms with E-state index in [1.807, 2.05) is 0 Å². The summed E-state index contributed by atoms with van der Waals surface area (Å²) in [5, 5.41) is 35.9. The third-order valence-electron chi connectivity index (χ3n) is 2.71. The van der Waals surface area contributed by atoms with Gasteiger partial charge in [-0.25, -0.2) is 19.2 Å². The lowest BCUT2D eigenvalue weighted by Crippen LogP contribution is -2.11. The lowest BCUT2D eigenvalue weighted by molar-refractivity contribution is 0.0649. The van der Waals surface area contributed by atoms with E-state index in [0.29, 0.717) is 11.3 Å². The highest BCUT2D eigenvalue weighted by Gasteiger charge is 2.29. The van der Waals surface area contributed by atoms with E-state index in [9.17, 15) is 19.2 Å². The predicted molar refractivity (Wildman–Crippen MR) is 69.7 cm³/mol. The van der Waals surface area contributed by atoms with Gasteiger partial charge >= 0.3 is 23.9 Å². The van der Waals surface area contributed by atoms with Gasteiger partial charge in [-0.3, -0.25) is 0 Å². The van der Waals surface area contributed by atoms with Crippen LogP contribution in [-0.2, 0) is 0 Å². The van der Waals surface area contributed by atoms with Crippen molar-refractivity contribution in [2.75, 3.05) is 0 Å². The van der Waals surface area contributed by atoms with Crippen LogP contribution in [0.5, 0.6) is 0 Å². The average molecular weight is 310 g/mol. The van der Waals surface area contributed by atoms with Crippen molar-refractivity contribution < 1.29 is 39.6 Å². The molecular formula is C12H6O8S. The van der Waals surface area contributed by atoms with Crippen molar-refractivity contribution in [1.29, 1.82) is 0 Å². The second kappa shape index (κ2) is 4.87. The van der Waals surface area contributed by atoms with Crippen molar-refractivity contribution in [2.24, 2.45) is 0 Å². The zero-order valence-electron chi connectivity index (χ0n) is 9.98. The number of thiophene rings is 1. The first kappa shape index (κ1) is 14.5. The molecular weight excluding hydrogens is 304 g/mol. The van der Waals surface area contributed by atoms with Gasteiger partial charge in [-0.2, -0.15) is 0 Å². The monoisotopic (exact) mass is 310 g/mol. The van der Waals surface area contributed by atoms with Crippen LogP contribution in [0.3, 0.4) is 0 Å². The molecule has 0 saturated heterocycles. The number of hydrogen-bond donors (Lipinski definition) is 4. The maximum atomic E-state index is 11.3. The van der Waals surface area contributed by atoms with E-state index in [0.717, 1.165) is 6.07 Å². The minimum atomic E-state index is -1.64. The van der Waals surface area contributed by atoms with Crippen LogP contribution in [0.2, 0.25) is 0 Å². The minimum Gasteiger partial charge on any atom is -0.478 e. The fourth-order valence-electron chi connectivity index (χ4n) is 1.95. The van der Waals surface area contributed by atoms with Crippen LogP contribution < -0.4 is 0 Å². The second-order valence-electron chi connectivity index (χ2n) is 3.89. The summed E-state index contributed by atoms with van der Waals surface area (Å²) in [6.45, 7) is 0. The van der Waals surface area contributed by atoms with Crippen molar-refractivity contribution >= 4 is 45.3 Å². The van der Waals surface area contributed by atoms with Gasteiger partial charge in [-0.05, 0) is 12.1 Å². The summed E-state index contributed by atoms with van der Waals surface area (Å²) in [5.74, 6) is -6.35. The summed E-state index contributed by atoms with van der Waals surface area (Å²) in [5.41, 5.74) is -2.06. The smallest absolute Gasteiger partial charge is 0.346 e. The molecule has 1 aromatic carbocycles. The van der Waals surface area contributed by atoms with Gasteiger partial charge in [-0.15, -0.1) is 11.3 Å². The topological polar surface area (TPSA) is 149 Å². The largest absolute Gasteiger partial charge is 0.478 e. The van der Waals surface area contributed by atoms with Crippen molar-refractivity contribution in [3.63, 3.8) is 0 Å². The normalized spacial score (nSPS) is 10.5. The Hall–Kier alpha value is -2.94. The highest BCUT2D eigenvalue weighted by Crippen LogP contribution is 2.35. The Bertz CT molecular complexity index is 804. The molecule has 0 unspecified atom stereocenters. The Labute approximate surface area is 119 Å². The second-order valence-corrected chi connectivity index (χ2v) is 4.94. The third-order valence-corrected chi connectivity index (χ3v) is 3.85. The van der Waals surface area contributed by atoms with Crippen molar-refractivity contribution in [1.82, 2.24) is 0 Å². The minimum absolute atomic E-state index is 0.0761. The first-order valence-corrected chi connectivity index (χ1v) is 6.10. The molecule has 9 heteroatoms. The number of hydrogen-bond acceptors (Lipinski definition) is 5. The Kier molecular flexibility index (Phi) is 3.36. The SMILES string of the molecule is O=C(O)c1ccc2sc(C(=O)O)c(C(=O)O)c2c1C(=O)O. The highest BCUT2D eigenvalue weighted by atomic mass is 32.1. The molecule has 0 aliphatic heterocycles. The molecule has 4 N–H and O–H groups in total. The fraction of sp³-hybridized carbons (Fsp3) is 0. The quantitative estimate of drug-likeness (QED) is 0.666. The van der Waals surface area contributed by atoms with Gasteiger partial charge in [0.25, 0.3) is 0 Å². The molecule has 0 spiro atoms. The molecule has 0 radical (unpaired) electrons. The fourth-order valence-corrected chi connectivity index (χ4v) is 2.99. The van der Waals surface area contributed by atoms with Crippen LogP contribution in [0.4, 0.5) is 0 Å². The number of carboxylic acid groups (broad SMARTS) is 4. The summed E-state index contributed by atoms with van der Waals surface area (Å²) in [6.07, 6.45) is 0. The van der Waals surface area contributed by atoms with E-state index >= 15 is 0 Å². The van der Waals surface area contributed by atoms with Crippen molar-refractivity contribution in [3.8, 4) is 0 Å². The molecule has 2 aromatic rings. The van der Waals surface area contributed by atoms with E-state index in [2.05, 4.69) is 0 Å². The molecule has 8 nitrogen and oxygen atoms in total. The van der Waals surface area contributed by atoms with Crippen LogP contribution in [-0.4, -0.2) is 44.3 Å². The number of rotatable bonds is 4. The van der Waals surface area contributed by atoms with Crippen LogP contribution in [0.15, 0.2) is 12.1 Å². The molecule has 1 heterocycles. The first-order chi connectivity index (χ1) is 9.75. The predicted octanol–water partition coefficient (Wildman–Crippen LogP) is 1.69. The number of benzene rings is 1. The van der Waals surface area contributed by atoms with Crippen molar-refractivity contribution in [3.05, 3.63) is 33.7 Å². The van der Waals surface area contributed by atoms with Gasteiger partial charge in [0.2, 0.25) is 0 Å². The number of carbonyl (C=O) groups is 4. The van der Waals surface area contributed by atoms with Gasteiger partial charge in [0.1, 0.15) is 4.88 Å². The van der Waals surface area contributed by atoms with Crippen LogP contribution in [0, 0.1) is 0 Å². The van der Waals surface area contributed by atoms with Gasteiger partial charge in [0.15, 0.2) is 0 Å². The van der Waals surface area contributed by atoms with Crippen molar-refractivity contribution in [2.45, 2.75) is 0 Å². The zero-order valence-corrected chi connectivity index (χ0v) is 10.8. The standard InChI is InChI=1S/C12H6O8S/c13-9(14)3-1-2-4-6(5(3)10(15)16)7(11(17)18)8(21-4)12(19)20/h1-2H,(H,13,14)(H,15,16)(H,17,18)(H,19,20). The molecule has 0 bridgehead atoms. The van der Waals surface area contributed by atoms with Gasteiger partial charge in [0, 0.05) is 10.1 Å². The molecule has 0 atom stereocenters. The zero-order chi connectivity index (χ0) is 15.9. The van der Waals surface area contributed by atoms with Crippen LogP contribution >= 0.6 is 11.3 Å². The van der Waals surface area contributed by atoms with Crippen LogP contribution in [0.1, 0.15) is 40.7 Å². The number of fused-ring (bicyclic) bond motifs is 1. The van der Waals surface area contributed by atoms with E-state index in [1.54, 1.807) is 0 Å². The molecule has 108 valence electrons. The molecule has 0 fully saturated rings. The molecule has 0 saturated carbocycles. The number of carboxylic acids is 4. The summed E-state index contributed by atoms with van der Waals surface area (Å²) >= 11 is 0.576. The molecule has 0 aliphatic rings.